The van der Waals surface area contributed by atoms with Crippen LogP contribution >= 0.6 is 11.6 Å². The Labute approximate surface area is 150 Å². The molecule has 2 rings (SSSR count). The van der Waals surface area contributed by atoms with E-state index in [2.05, 4.69) is 5.32 Å². The number of carbonyl (C=O) groups is 2. The van der Waals surface area contributed by atoms with Crippen molar-refractivity contribution in [3.63, 3.8) is 0 Å². The third kappa shape index (κ3) is 5.16. The zero-order valence-electron chi connectivity index (χ0n) is 13.8. The number of ether oxygens (including phenoxy) is 1. The summed E-state index contributed by atoms with van der Waals surface area (Å²) in [4.78, 5) is 23.5. The van der Waals surface area contributed by atoms with Gasteiger partial charge in [0, 0.05) is 17.3 Å². The van der Waals surface area contributed by atoms with Crippen LogP contribution in [0.3, 0.4) is 0 Å². The van der Waals surface area contributed by atoms with Gasteiger partial charge >= 0.3 is 5.97 Å². The first-order valence-electron chi connectivity index (χ1n) is 7.53. The molecule has 6 heteroatoms. The number of carbonyl (C=O) groups excluding carboxylic acids is 2. The van der Waals surface area contributed by atoms with Crippen molar-refractivity contribution in [2.75, 3.05) is 11.9 Å². The number of anilines is 1. The van der Waals surface area contributed by atoms with E-state index in [0.717, 1.165) is 17.2 Å². The molecule has 2 aromatic rings. The molecule has 0 fully saturated rings. The Kier molecular flexibility index (Phi) is 6.31. The Morgan fingerprint density at radius 2 is 1.92 bits per heavy atom. The average molecular weight is 362 g/mol. The summed E-state index contributed by atoms with van der Waals surface area (Å²) < 4.78 is 18.4. The maximum atomic E-state index is 13.6. The summed E-state index contributed by atoms with van der Waals surface area (Å²) in [5.74, 6) is -1.78. The second-order valence-electron chi connectivity index (χ2n) is 5.37. The summed E-state index contributed by atoms with van der Waals surface area (Å²) in [7, 11) is 0. The number of halogens is 2. The Morgan fingerprint density at radius 3 is 2.64 bits per heavy atom. The standard InChI is InChI=1S/C19H17ClFNO3/c1-12-5-3-8-17(13(12)2)22-18(23)11-25-19(24)10-9-14-15(20)6-4-7-16(14)21/h3-10H,11H2,1-2H3,(H,22,23)/b10-9+. The van der Waals surface area contributed by atoms with Crippen molar-refractivity contribution in [2.45, 2.75) is 13.8 Å². The van der Waals surface area contributed by atoms with Crippen LogP contribution in [0.15, 0.2) is 42.5 Å². The van der Waals surface area contributed by atoms with Crippen molar-refractivity contribution >= 4 is 35.2 Å². The van der Waals surface area contributed by atoms with Gasteiger partial charge in [-0.1, -0.05) is 29.8 Å². The second-order valence-corrected chi connectivity index (χ2v) is 5.78. The molecule has 0 heterocycles. The van der Waals surface area contributed by atoms with Crippen LogP contribution in [0.1, 0.15) is 16.7 Å². The molecular weight excluding hydrogens is 345 g/mol. The largest absolute Gasteiger partial charge is 0.452 e. The van der Waals surface area contributed by atoms with E-state index in [1.165, 1.54) is 24.3 Å². The fourth-order valence-corrected chi connectivity index (χ4v) is 2.30. The van der Waals surface area contributed by atoms with Gasteiger partial charge in [-0.05, 0) is 49.2 Å². The zero-order chi connectivity index (χ0) is 18.4. The molecule has 0 unspecified atom stereocenters. The Bertz CT molecular complexity index is 813. The minimum atomic E-state index is -0.768. The number of esters is 1. The molecule has 0 atom stereocenters. The predicted octanol–water partition coefficient (Wildman–Crippen LogP) is 4.29. The molecule has 2 aromatic carbocycles. The van der Waals surface area contributed by atoms with Crippen molar-refractivity contribution in [3.8, 4) is 0 Å². The van der Waals surface area contributed by atoms with Crippen molar-refractivity contribution in [3.05, 3.63) is 70.0 Å². The van der Waals surface area contributed by atoms with Gasteiger partial charge in [0.05, 0.1) is 5.02 Å². The van der Waals surface area contributed by atoms with E-state index < -0.39 is 24.3 Å². The molecule has 4 nitrogen and oxygen atoms in total. The summed E-state index contributed by atoms with van der Waals surface area (Å²) in [6.07, 6.45) is 2.23. The summed E-state index contributed by atoms with van der Waals surface area (Å²) >= 11 is 5.85. The Morgan fingerprint density at radius 1 is 1.20 bits per heavy atom. The van der Waals surface area contributed by atoms with E-state index in [-0.39, 0.29) is 10.6 Å². The minimum Gasteiger partial charge on any atom is -0.452 e. The summed E-state index contributed by atoms with van der Waals surface area (Å²) in [5, 5.41) is 2.85. The van der Waals surface area contributed by atoms with Gasteiger partial charge in [0.25, 0.3) is 5.91 Å². The van der Waals surface area contributed by atoms with E-state index in [9.17, 15) is 14.0 Å². The van der Waals surface area contributed by atoms with Crippen LogP contribution in [0.5, 0.6) is 0 Å². The van der Waals surface area contributed by atoms with Crippen molar-refractivity contribution < 1.29 is 18.7 Å². The quantitative estimate of drug-likeness (QED) is 0.638. The van der Waals surface area contributed by atoms with Crippen LogP contribution in [0.4, 0.5) is 10.1 Å². The molecule has 0 saturated heterocycles. The van der Waals surface area contributed by atoms with Crippen LogP contribution in [-0.4, -0.2) is 18.5 Å². The molecule has 0 radical (unpaired) electrons. The van der Waals surface area contributed by atoms with E-state index in [1.54, 1.807) is 6.07 Å². The number of benzene rings is 2. The lowest BCUT2D eigenvalue weighted by Gasteiger charge is -2.10. The van der Waals surface area contributed by atoms with Gasteiger partial charge in [-0.15, -0.1) is 0 Å². The van der Waals surface area contributed by atoms with Crippen LogP contribution in [-0.2, 0) is 14.3 Å². The monoisotopic (exact) mass is 361 g/mol. The molecule has 1 amide bonds. The predicted molar refractivity (Wildman–Crippen MR) is 95.9 cm³/mol. The van der Waals surface area contributed by atoms with Crippen molar-refractivity contribution in [2.24, 2.45) is 0 Å². The van der Waals surface area contributed by atoms with Gasteiger partial charge in [-0.3, -0.25) is 4.79 Å². The lowest BCUT2D eigenvalue weighted by atomic mass is 10.1. The van der Waals surface area contributed by atoms with E-state index >= 15 is 0 Å². The smallest absolute Gasteiger partial charge is 0.331 e. The van der Waals surface area contributed by atoms with Gasteiger partial charge in [-0.25, -0.2) is 9.18 Å². The lowest BCUT2D eigenvalue weighted by molar-refractivity contribution is -0.142. The fraction of sp³-hybridized carbons (Fsp3) is 0.158. The van der Waals surface area contributed by atoms with Crippen molar-refractivity contribution in [1.29, 1.82) is 0 Å². The number of aryl methyl sites for hydroxylation is 1. The second kappa shape index (κ2) is 8.44. The van der Waals surface area contributed by atoms with Crippen LogP contribution < -0.4 is 5.32 Å². The Balaban J connectivity index is 1.90. The highest BCUT2D eigenvalue weighted by Gasteiger charge is 2.09. The minimum absolute atomic E-state index is 0.0842. The molecule has 0 aliphatic carbocycles. The molecule has 0 aromatic heterocycles. The van der Waals surface area contributed by atoms with Gasteiger partial charge in [0.2, 0.25) is 0 Å². The number of hydrogen-bond donors (Lipinski definition) is 1. The van der Waals surface area contributed by atoms with Crippen LogP contribution in [0.25, 0.3) is 6.08 Å². The fourth-order valence-electron chi connectivity index (χ4n) is 2.08. The highest BCUT2D eigenvalue weighted by atomic mass is 35.5. The first kappa shape index (κ1) is 18.7. The van der Waals surface area contributed by atoms with Gasteiger partial charge in [0.15, 0.2) is 6.61 Å². The zero-order valence-corrected chi connectivity index (χ0v) is 14.6. The summed E-state index contributed by atoms with van der Waals surface area (Å²) in [6.45, 7) is 3.38. The molecule has 0 aliphatic rings. The van der Waals surface area contributed by atoms with E-state index in [4.69, 9.17) is 16.3 Å². The van der Waals surface area contributed by atoms with E-state index in [0.29, 0.717) is 5.69 Å². The van der Waals surface area contributed by atoms with Gasteiger partial charge in [0.1, 0.15) is 5.82 Å². The maximum Gasteiger partial charge on any atom is 0.331 e. The molecule has 0 aliphatic heterocycles. The SMILES string of the molecule is Cc1cccc(NC(=O)COC(=O)/C=C/c2c(F)cccc2Cl)c1C. The summed E-state index contributed by atoms with van der Waals surface area (Å²) in [5.41, 5.74) is 2.73. The third-order valence-electron chi connectivity index (χ3n) is 3.61. The first-order chi connectivity index (χ1) is 11.9. The first-order valence-corrected chi connectivity index (χ1v) is 7.91. The van der Waals surface area contributed by atoms with Gasteiger partial charge < -0.3 is 10.1 Å². The molecule has 0 spiro atoms. The topological polar surface area (TPSA) is 55.4 Å². The lowest BCUT2D eigenvalue weighted by Crippen LogP contribution is -2.20. The maximum absolute atomic E-state index is 13.6. The summed E-state index contributed by atoms with van der Waals surface area (Å²) in [6, 6.07) is 9.73. The van der Waals surface area contributed by atoms with Gasteiger partial charge in [-0.2, -0.15) is 0 Å². The molecule has 25 heavy (non-hydrogen) atoms. The molecule has 130 valence electrons. The average Bonchev–Trinajstić information content (AvgIpc) is 2.57. The molecule has 0 bridgehead atoms. The number of nitrogens with one attached hydrogen (secondary N) is 1. The number of hydrogen-bond acceptors (Lipinski definition) is 3. The number of amides is 1. The van der Waals surface area contributed by atoms with E-state index in [1.807, 2.05) is 26.0 Å². The van der Waals surface area contributed by atoms with Crippen LogP contribution in [0.2, 0.25) is 5.02 Å². The molecular formula is C19H17ClFNO3. The molecule has 1 N–H and O–H groups in total. The number of rotatable bonds is 5. The van der Waals surface area contributed by atoms with Crippen molar-refractivity contribution in [1.82, 2.24) is 0 Å². The molecule has 0 saturated carbocycles. The Hall–Kier alpha value is -2.66. The highest BCUT2D eigenvalue weighted by Crippen LogP contribution is 2.20. The normalized spacial score (nSPS) is 10.7. The van der Waals surface area contributed by atoms with Crippen LogP contribution in [0, 0.1) is 19.7 Å². The third-order valence-corrected chi connectivity index (χ3v) is 3.94. The highest BCUT2D eigenvalue weighted by molar-refractivity contribution is 6.32.